The Morgan fingerprint density at radius 2 is 1.57 bits per heavy atom. The molecule has 0 saturated heterocycles. The Labute approximate surface area is 178 Å². The number of anilines is 1. The van der Waals surface area contributed by atoms with E-state index in [1.165, 1.54) is 6.92 Å². The smallest absolute Gasteiger partial charge is 0.317 e. The summed E-state index contributed by atoms with van der Waals surface area (Å²) in [6.07, 6.45) is -0.312. The Kier molecular flexibility index (Phi) is 8.01. The maximum absolute atomic E-state index is 12.9. The molecule has 1 N–H and O–H groups in total. The summed E-state index contributed by atoms with van der Waals surface area (Å²) in [5, 5.41) is 11.0. The maximum Gasteiger partial charge on any atom is 0.317 e. The van der Waals surface area contributed by atoms with Crippen LogP contribution in [-0.2, 0) is 23.9 Å². The number of nitrogens with zero attached hydrogens (tertiary/aromatic N) is 1. The first kappa shape index (κ1) is 23.9. The molecule has 7 nitrogen and oxygen atoms in total. The molecule has 2 rings (SSSR count). The third-order valence-electron chi connectivity index (χ3n) is 5.75. The van der Waals surface area contributed by atoms with E-state index >= 15 is 0 Å². The molecule has 0 radical (unpaired) electrons. The van der Waals surface area contributed by atoms with Crippen LogP contribution >= 0.6 is 0 Å². The molecule has 0 heterocycles. The molecule has 0 bridgehead atoms. The molecule has 0 aliphatic heterocycles. The van der Waals surface area contributed by atoms with Crippen LogP contribution in [0.2, 0.25) is 0 Å². The molecular weight excluding hydrogens is 386 g/mol. The lowest BCUT2D eigenvalue weighted by Crippen LogP contribution is -2.55. The summed E-state index contributed by atoms with van der Waals surface area (Å²) >= 11 is 0. The van der Waals surface area contributed by atoms with Crippen LogP contribution in [0.3, 0.4) is 0 Å². The van der Waals surface area contributed by atoms with Gasteiger partial charge in [-0.25, -0.2) is 0 Å². The number of hydrogen-bond acceptors (Lipinski definition) is 7. The summed E-state index contributed by atoms with van der Waals surface area (Å²) in [5.41, 5.74) is -0.0116. The highest BCUT2D eigenvalue weighted by molar-refractivity contribution is 6.02. The summed E-state index contributed by atoms with van der Waals surface area (Å²) in [4.78, 5) is 40.6. The monoisotopic (exact) mass is 419 g/mol. The number of aliphatic hydroxyl groups is 1. The average molecular weight is 420 g/mol. The molecule has 1 aliphatic rings. The summed E-state index contributed by atoms with van der Waals surface area (Å²) in [7, 11) is 0. The maximum atomic E-state index is 12.9. The first-order valence-electron chi connectivity index (χ1n) is 10.6. The van der Waals surface area contributed by atoms with Crippen LogP contribution in [0.25, 0.3) is 0 Å². The number of carbonyl (C=O) groups excluding carboxylic acids is 3. The molecule has 7 heteroatoms. The van der Waals surface area contributed by atoms with E-state index in [9.17, 15) is 19.5 Å². The molecule has 0 amide bonds. The van der Waals surface area contributed by atoms with Crippen molar-refractivity contribution >= 4 is 23.4 Å². The number of ether oxygens (including phenoxy) is 2. The van der Waals surface area contributed by atoms with Gasteiger partial charge < -0.3 is 19.5 Å². The fourth-order valence-electron chi connectivity index (χ4n) is 4.38. The van der Waals surface area contributed by atoms with E-state index in [-0.39, 0.29) is 19.6 Å². The van der Waals surface area contributed by atoms with Crippen LogP contribution in [0.15, 0.2) is 24.3 Å². The zero-order valence-electron chi connectivity index (χ0n) is 18.5. The summed E-state index contributed by atoms with van der Waals surface area (Å²) in [6, 6.07) is 7.43. The van der Waals surface area contributed by atoms with Gasteiger partial charge in [0, 0.05) is 31.1 Å². The Morgan fingerprint density at radius 3 is 2.07 bits per heavy atom. The van der Waals surface area contributed by atoms with Gasteiger partial charge in [0.2, 0.25) is 0 Å². The lowest BCUT2D eigenvalue weighted by Gasteiger charge is -2.43. The lowest BCUT2D eigenvalue weighted by molar-refractivity contribution is -0.172. The van der Waals surface area contributed by atoms with Crippen LogP contribution < -0.4 is 4.90 Å². The second-order valence-electron chi connectivity index (χ2n) is 7.75. The number of hydrogen-bond donors (Lipinski definition) is 1. The molecule has 1 aromatic carbocycles. The predicted molar refractivity (Wildman–Crippen MR) is 113 cm³/mol. The predicted octanol–water partition coefficient (Wildman–Crippen LogP) is 2.70. The van der Waals surface area contributed by atoms with E-state index in [0.717, 1.165) is 18.8 Å². The van der Waals surface area contributed by atoms with Gasteiger partial charge in [-0.15, -0.1) is 0 Å². The highest BCUT2D eigenvalue weighted by Gasteiger charge is 2.57. The lowest BCUT2D eigenvalue weighted by atomic mass is 9.61. The van der Waals surface area contributed by atoms with Crippen molar-refractivity contribution in [2.45, 2.75) is 52.6 Å². The van der Waals surface area contributed by atoms with E-state index in [4.69, 9.17) is 9.47 Å². The van der Waals surface area contributed by atoms with Gasteiger partial charge in [0.05, 0.1) is 24.7 Å². The van der Waals surface area contributed by atoms with Crippen molar-refractivity contribution in [2.24, 2.45) is 11.8 Å². The van der Waals surface area contributed by atoms with Crippen LogP contribution in [0.4, 0.5) is 5.69 Å². The number of rotatable bonds is 8. The number of carbonyl (C=O) groups is 3. The Morgan fingerprint density at radius 1 is 1.03 bits per heavy atom. The molecule has 1 aromatic rings. The van der Waals surface area contributed by atoms with Crippen molar-refractivity contribution in [1.29, 1.82) is 0 Å². The van der Waals surface area contributed by atoms with Gasteiger partial charge in [-0.3, -0.25) is 14.4 Å². The number of Topliss-reactive ketones (excluding diaryl/α,β-unsaturated/α-hetero) is 1. The summed E-state index contributed by atoms with van der Waals surface area (Å²) in [5.74, 6) is -4.84. The third-order valence-corrected chi connectivity index (χ3v) is 5.75. The van der Waals surface area contributed by atoms with Crippen molar-refractivity contribution in [2.75, 3.05) is 31.2 Å². The molecule has 0 spiro atoms. The molecule has 30 heavy (non-hydrogen) atoms. The zero-order valence-corrected chi connectivity index (χ0v) is 18.5. The second kappa shape index (κ2) is 10.1. The SMILES string of the molecule is CCOC(=O)[C@@H]1C(=O)C[C@](C)(O)[C@H](C(=O)OCC)[C@@H]1c1ccc(N(CC)CC)cc1. The standard InChI is InChI=1S/C23H33NO6/c1-6-24(7-2)16-12-10-15(11-13-16)18-19(21(26)29-8-3)17(25)14-23(5,28)20(18)22(27)30-9-4/h10-13,18-20,28H,6-9,14H2,1-5H3/t18-,19-,20+,23+/m1/s1. The van der Waals surface area contributed by atoms with Crippen LogP contribution in [0, 0.1) is 11.8 Å². The van der Waals surface area contributed by atoms with Crippen LogP contribution in [0.5, 0.6) is 0 Å². The molecule has 1 saturated carbocycles. The largest absolute Gasteiger partial charge is 0.466 e. The fraction of sp³-hybridized carbons (Fsp3) is 0.609. The quantitative estimate of drug-likeness (QED) is 0.511. The zero-order chi connectivity index (χ0) is 22.5. The fourth-order valence-corrected chi connectivity index (χ4v) is 4.38. The van der Waals surface area contributed by atoms with E-state index < -0.39 is 41.1 Å². The van der Waals surface area contributed by atoms with Gasteiger partial charge in [-0.2, -0.15) is 0 Å². The highest BCUT2D eigenvalue weighted by atomic mass is 16.5. The number of esters is 2. The molecule has 0 unspecified atom stereocenters. The minimum Gasteiger partial charge on any atom is -0.466 e. The summed E-state index contributed by atoms with van der Waals surface area (Å²) < 4.78 is 10.4. The van der Waals surface area contributed by atoms with Gasteiger partial charge >= 0.3 is 11.9 Å². The van der Waals surface area contributed by atoms with Gasteiger partial charge in [0.15, 0.2) is 5.78 Å². The first-order chi connectivity index (χ1) is 14.2. The molecule has 166 valence electrons. The highest BCUT2D eigenvalue weighted by Crippen LogP contribution is 2.47. The van der Waals surface area contributed by atoms with E-state index in [2.05, 4.69) is 18.7 Å². The molecule has 4 atom stereocenters. The van der Waals surface area contributed by atoms with Gasteiger partial charge in [-0.05, 0) is 52.3 Å². The van der Waals surface area contributed by atoms with Crippen LogP contribution in [-0.4, -0.2) is 54.7 Å². The van der Waals surface area contributed by atoms with Crippen molar-refractivity contribution in [3.63, 3.8) is 0 Å². The molecule has 1 fully saturated rings. The van der Waals surface area contributed by atoms with Gasteiger partial charge in [0.1, 0.15) is 5.92 Å². The Hall–Kier alpha value is -2.41. The first-order valence-corrected chi connectivity index (χ1v) is 10.6. The van der Waals surface area contributed by atoms with E-state index in [1.54, 1.807) is 13.8 Å². The third kappa shape index (κ3) is 4.83. The summed E-state index contributed by atoms with van der Waals surface area (Å²) in [6.45, 7) is 10.8. The van der Waals surface area contributed by atoms with E-state index in [1.807, 2.05) is 24.3 Å². The van der Waals surface area contributed by atoms with Crippen molar-refractivity contribution in [3.05, 3.63) is 29.8 Å². The molecule has 1 aliphatic carbocycles. The van der Waals surface area contributed by atoms with Gasteiger partial charge in [-0.1, -0.05) is 12.1 Å². The number of ketones is 1. The van der Waals surface area contributed by atoms with Crippen molar-refractivity contribution in [3.8, 4) is 0 Å². The molecule has 0 aromatic heterocycles. The average Bonchev–Trinajstić information content (AvgIpc) is 2.68. The Balaban J connectivity index is 2.57. The van der Waals surface area contributed by atoms with Crippen molar-refractivity contribution in [1.82, 2.24) is 0 Å². The van der Waals surface area contributed by atoms with Crippen molar-refractivity contribution < 1.29 is 29.0 Å². The van der Waals surface area contributed by atoms with Crippen LogP contribution in [0.1, 0.15) is 52.5 Å². The molecular formula is C23H33NO6. The number of benzene rings is 1. The normalized spacial score (nSPS) is 26.2. The minimum atomic E-state index is -1.63. The minimum absolute atomic E-state index is 0.122. The topological polar surface area (TPSA) is 93.1 Å². The Bertz CT molecular complexity index is 753. The van der Waals surface area contributed by atoms with E-state index in [0.29, 0.717) is 5.56 Å². The van der Waals surface area contributed by atoms with Gasteiger partial charge in [0.25, 0.3) is 0 Å². The second-order valence-corrected chi connectivity index (χ2v) is 7.75.